The summed E-state index contributed by atoms with van der Waals surface area (Å²) in [5, 5.41) is 11.8. The number of piperazine rings is 1. The molecule has 3 aliphatic rings. The van der Waals surface area contributed by atoms with Crippen molar-refractivity contribution in [2.45, 2.75) is 77.7 Å². The Labute approximate surface area is 324 Å². The van der Waals surface area contributed by atoms with Crippen LogP contribution in [0.5, 0.6) is 11.8 Å². The van der Waals surface area contributed by atoms with Crippen molar-refractivity contribution in [2.24, 2.45) is 5.41 Å². The second-order valence-electron chi connectivity index (χ2n) is 17.0. The Kier molecular flexibility index (Phi) is 10.4. The number of amides is 2. The molecule has 15 heteroatoms. The van der Waals surface area contributed by atoms with Crippen molar-refractivity contribution in [3.05, 3.63) is 54.1 Å². The smallest absolute Gasteiger partial charge is 0.410 e. The molecule has 4 heterocycles. The maximum atomic E-state index is 17.2. The van der Waals surface area contributed by atoms with Gasteiger partial charge in [0.25, 0.3) is 0 Å². The van der Waals surface area contributed by atoms with Gasteiger partial charge < -0.3 is 38.6 Å². The lowest BCUT2D eigenvalue weighted by Crippen LogP contribution is -2.63. The lowest BCUT2D eigenvalue weighted by atomic mass is 9.82. The predicted octanol–water partition coefficient (Wildman–Crippen LogP) is 6.91. The number of hydrogen-bond donors (Lipinski definition) is 1. The Hall–Kier alpha value is -5.02. The van der Waals surface area contributed by atoms with E-state index in [1.54, 1.807) is 49.9 Å². The van der Waals surface area contributed by atoms with Crippen molar-refractivity contribution in [2.75, 3.05) is 58.2 Å². The number of anilines is 1. The topological polar surface area (TPSA) is 136 Å². The highest BCUT2D eigenvalue weighted by Gasteiger charge is 2.48. The summed E-state index contributed by atoms with van der Waals surface area (Å²) in [6.45, 7) is 11.3. The van der Waals surface area contributed by atoms with Crippen molar-refractivity contribution in [3.8, 4) is 22.9 Å². The maximum absolute atomic E-state index is 17.2. The standard InChI is InChI=1S/C41H49F2N5O8/c1-39(2,3)55-37(50)47-19-41(20-47,21-49)22-53-36-44-34-30(35(45-36)46-17-25-12-13-26(18-46)48(25)38(51)56-40(4,5)6)16-31(42)32(33(34)43)29-15-27(54-23-52-7)14-24-10-8-9-11-28(24)29/h8-11,14-16,25-26,49H,12-13,17-23H2,1-7H3. The lowest BCUT2D eigenvalue weighted by molar-refractivity contribution is -0.0753. The molecule has 0 radical (unpaired) electrons. The third-order valence-electron chi connectivity index (χ3n) is 10.2. The van der Waals surface area contributed by atoms with Crippen molar-refractivity contribution in [1.82, 2.24) is 19.8 Å². The summed E-state index contributed by atoms with van der Waals surface area (Å²) in [5.41, 5.74) is -2.42. The molecular formula is C41H49F2N5O8. The molecular weight excluding hydrogens is 728 g/mol. The normalized spacial score (nSPS) is 19.3. The number of aliphatic hydroxyl groups is 1. The van der Waals surface area contributed by atoms with E-state index in [9.17, 15) is 14.7 Å². The number of fused-ring (bicyclic) bond motifs is 4. The number of nitrogens with zero attached hydrogens (tertiary/aromatic N) is 5. The van der Waals surface area contributed by atoms with Crippen molar-refractivity contribution < 1.29 is 47.2 Å². The fraction of sp³-hybridized carbons (Fsp3) is 0.512. The van der Waals surface area contributed by atoms with Gasteiger partial charge in [0.05, 0.1) is 29.7 Å². The molecule has 3 aromatic carbocycles. The molecule has 0 spiro atoms. The van der Waals surface area contributed by atoms with Crippen LogP contribution < -0.4 is 14.4 Å². The minimum Gasteiger partial charge on any atom is -0.468 e. The number of aliphatic hydroxyl groups excluding tert-OH is 1. The van der Waals surface area contributed by atoms with E-state index in [2.05, 4.69) is 4.98 Å². The van der Waals surface area contributed by atoms with E-state index >= 15 is 8.78 Å². The van der Waals surface area contributed by atoms with Crippen LogP contribution in [-0.2, 0) is 14.2 Å². The molecule has 2 amide bonds. The summed E-state index contributed by atoms with van der Waals surface area (Å²) in [4.78, 5) is 40.4. The van der Waals surface area contributed by atoms with E-state index in [0.29, 0.717) is 29.6 Å². The number of halogens is 2. The second-order valence-corrected chi connectivity index (χ2v) is 17.0. The molecule has 2 bridgehead atoms. The Morgan fingerprint density at radius 3 is 2.20 bits per heavy atom. The first-order valence-electron chi connectivity index (χ1n) is 18.8. The van der Waals surface area contributed by atoms with Gasteiger partial charge in [-0.3, -0.25) is 4.90 Å². The Morgan fingerprint density at radius 1 is 0.893 bits per heavy atom. The van der Waals surface area contributed by atoms with Crippen LogP contribution in [0.4, 0.5) is 24.2 Å². The average molecular weight is 778 g/mol. The number of rotatable bonds is 9. The summed E-state index contributed by atoms with van der Waals surface area (Å²) in [6, 6.07) is 11.2. The van der Waals surface area contributed by atoms with E-state index in [1.165, 1.54) is 18.1 Å². The molecule has 2 unspecified atom stereocenters. The number of carbonyl (C=O) groups excluding carboxylic acids is 2. The van der Waals surface area contributed by atoms with Gasteiger partial charge >= 0.3 is 18.2 Å². The van der Waals surface area contributed by atoms with E-state index < -0.39 is 40.4 Å². The Morgan fingerprint density at radius 2 is 1.55 bits per heavy atom. The quantitative estimate of drug-likeness (QED) is 0.178. The van der Waals surface area contributed by atoms with Gasteiger partial charge in [0.2, 0.25) is 0 Å². The van der Waals surface area contributed by atoms with Gasteiger partial charge in [0, 0.05) is 38.7 Å². The zero-order valence-corrected chi connectivity index (χ0v) is 32.9. The zero-order chi connectivity index (χ0) is 40.2. The van der Waals surface area contributed by atoms with Crippen LogP contribution in [-0.4, -0.2) is 114 Å². The van der Waals surface area contributed by atoms with Crippen LogP contribution >= 0.6 is 0 Å². The number of carbonyl (C=O) groups is 2. The van der Waals surface area contributed by atoms with E-state index in [-0.39, 0.29) is 79.0 Å². The van der Waals surface area contributed by atoms with Crippen LogP contribution in [0, 0.1) is 17.0 Å². The van der Waals surface area contributed by atoms with Crippen molar-refractivity contribution in [1.29, 1.82) is 0 Å². The number of aromatic nitrogens is 2. The van der Waals surface area contributed by atoms with Gasteiger partial charge in [-0.1, -0.05) is 24.3 Å². The van der Waals surface area contributed by atoms with Crippen LogP contribution in [0.1, 0.15) is 54.4 Å². The number of likely N-dealkylation sites (tertiary alicyclic amines) is 1. The van der Waals surface area contributed by atoms with Crippen molar-refractivity contribution in [3.63, 3.8) is 0 Å². The van der Waals surface area contributed by atoms with E-state index in [1.807, 2.05) is 37.8 Å². The summed E-state index contributed by atoms with van der Waals surface area (Å²) in [6.07, 6.45) is 0.539. The van der Waals surface area contributed by atoms with Gasteiger partial charge in [0.1, 0.15) is 40.7 Å². The van der Waals surface area contributed by atoms with Crippen LogP contribution in [0.15, 0.2) is 42.5 Å². The lowest BCUT2D eigenvalue weighted by Gasteiger charge is -2.48. The number of methoxy groups -OCH3 is 1. The van der Waals surface area contributed by atoms with Gasteiger partial charge in [-0.2, -0.15) is 9.97 Å². The first kappa shape index (κ1) is 39.2. The van der Waals surface area contributed by atoms with E-state index in [0.717, 1.165) is 12.8 Å². The molecule has 0 aliphatic carbocycles. The molecule has 0 saturated carbocycles. The first-order chi connectivity index (χ1) is 26.5. The highest BCUT2D eigenvalue weighted by Crippen LogP contribution is 2.42. The molecule has 1 aromatic heterocycles. The fourth-order valence-corrected chi connectivity index (χ4v) is 7.77. The third-order valence-corrected chi connectivity index (χ3v) is 10.2. The molecule has 4 aromatic rings. The molecule has 1 N–H and O–H groups in total. The SMILES string of the molecule is COCOc1cc(-c2c(F)cc3c(N4CC5CCC(C4)N5C(=O)OC(C)(C)C)nc(OCC4(CO)CN(C(=O)OC(C)(C)C)C4)nc3c2F)c2ccccc2c1. The second kappa shape index (κ2) is 14.8. The van der Waals surface area contributed by atoms with Gasteiger partial charge in [-0.25, -0.2) is 18.4 Å². The van der Waals surface area contributed by atoms with E-state index in [4.69, 9.17) is 28.7 Å². The molecule has 3 aliphatic heterocycles. The molecule has 56 heavy (non-hydrogen) atoms. The highest BCUT2D eigenvalue weighted by atomic mass is 19.1. The Bertz CT molecular complexity index is 2130. The Balaban J connectivity index is 1.28. The summed E-state index contributed by atoms with van der Waals surface area (Å²) >= 11 is 0. The molecule has 3 saturated heterocycles. The number of ether oxygens (including phenoxy) is 5. The van der Waals surface area contributed by atoms with Gasteiger partial charge in [-0.15, -0.1) is 0 Å². The monoisotopic (exact) mass is 777 g/mol. The number of benzene rings is 3. The first-order valence-corrected chi connectivity index (χ1v) is 18.8. The van der Waals surface area contributed by atoms with Gasteiger partial charge in [-0.05, 0) is 88.9 Å². The summed E-state index contributed by atoms with van der Waals surface area (Å²) in [7, 11) is 1.48. The minimum absolute atomic E-state index is 0.0637. The minimum atomic E-state index is -0.922. The molecule has 3 fully saturated rings. The highest BCUT2D eigenvalue weighted by molar-refractivity contribution is 6.01. The van der Waals surface area contributed by atoms with Crippen molar-refractivity contribution >= 4 is 39.7 Å². The third kappa shape index (κ3) is 7.83. The van der Waals surface area contributed by atoms with Crippen LogP contribution in [0.25, 0.3) is 32.8 Å². The molecule has 13 nitrogen and oxygen atoms in total. The molecule has 7 rings (SSSR count). The van der Waals surface area contributed by atoms with Gasteiger partial charge in [0.15, 0.2) is 12.6 Å². The average Bonchev–Trinajstić information content (AvgIpc) is 3.38. The van der Waals surface area contributed by atoms with Crippen LogP contribution in [0.3, 0.4) is 0 Å². The maximum Gasteiger partial charge on any atom is 0.410 e. The number of hydrogen-bond acceptors (Lipinski definition) is 11. The molecule has 300 valence electrons. The van der Waals surface area contributed by atoms with Crippen LogP contribution in [0.2, 0.25) is 0 Å². The predicted molar refractivity (Wildman–Crippen MR) is 205 cm³/mol. The largest absolute Gasteiger partial charge is 0.468 e. The zero-order valence-electron chi connectivity index (χ0n) is 32.9. The molecule has 2 atom stereocenters. The fourth-order valence-electron chi connectivity index (χ4n) is 7.77. The summed E-state index contributed by atoms with van der Waals surface area (Å²) in [5.74, 6) is -1.14. The summed E-state index contributed by atoms with van der Waals surface area (Å²) < 4.78 is 61.9.